The van der Waals surface area contributed by atoms with Crippen molar-refractivity contribution in [3.05, 3.63) is 29.8 Å². The van der Waals surface area contributed by atoms with Crippen molar-refractivity contribution in [2.24, 2.45) is 0 Å². The van der Waals surface area contributed by atoms with Gasteiger partial charge in [0.05, 0.1) is 16.5 Å². The Labute approximate surface area is 116 Å². The van der Waals surface area contributed by atoms with Crippen molar-refractivity contribution in [2.45, 2.75) is 17.4 Å². The molecule has 0 aliphatic rings. The lowest BCUT2D eigenvalue weighted by Gasteiger charge is -2.14. The second-order valence-corrected chi connectivity index (χ2v) is 5.65. The molecule has 7 nitrogen and oxygen atoms in total. The number of hydrogen-bond donors (Lipinski definition) is 2. The van der Waals surface area contributed by atoms with Gasteiger partial charge in [-0.25, -0.2) is 8.42 Å². The molecule has 0 saturated carbocycles. The average molecular weight is 298 g/mol. The molecule has 1 rings (SSSR count). The van der Waals surface area contributed by atoms with Gasteiger partial charge >= 0.3 is 5.97 Å². The van der Waals surface area contributed by atoms with Crippen molar-refractivity contribution in [2.75, 3.05) is 13.7 Å². The molecule has 0 saturated heterocycles. The normalized spacial score (nSPS) is 12.6. The van der Waals surface area contributed by atoms with Crippen LogP contribution in [0.5, 0.6) is 0 Å². The molecular formula is C12H14N2O5S. The number of aliphatic carboxylic acids is 1. The van der Waals surface area contributed by atoms with E-state index < -0.39 is 22.0 Å². The highest BCUT2D eigenvalue weighted by Gasteiger charge is 2.25. The highest BCUT2D eigenvalue weighted by molar-refractivity contribution is 7.89. The minimum absolute atomic E-state index is 0.00298. The monoisotopic (exact) mass is 298 g/mol. The largest absolute Gasteiger partial charge is 0.480 e. The van der Waals surface area contributed by atoms with Gasteiger partial charge in [-0.15, -0.1) is 0 Å². The van der Waals surface area contributed by atoms with Crippen molar-refractivity contribution in [3.8, 4) is 6.07 Å². The van der Waals surface area contributed by atoms with Crippen LogP contribution in [0, 0.1) is 11.3 Å². The molecule has 108 valence electrons. The maximum Gasteiger partial charge on any atom is 0.321 e. The molecule has 1 aromatic rings. The van der Waals surface area contributed by atoms with Crippen molar-refractivity contribution in [3.63, 3.8) is 0 Å². The lowest BCUT2D eigenvalue weighted by molar-refractivity contribution is -0.139. The number of sulfonamides is 1. The van der Waals surface area contributed by atoms with Crippen LogP contribution in [-0.4, -0.2) is 39.3 Å². The molecule has 0 bridgehead atoms. The summed E-state index contributed by atoms with van der Waals surface area (Å²) < 4.78 is 30.9. The SMILES string of the molecule is COCCC(NS(=O)(=O)c1cccc(C#N)c1)C(=O)O. The van der Waals surface area contributed by atoms with E-state index in [2.05, 4.69) is 4.72 Å². The average Bonchev–Trinajstić information content (AvgIpc) is 2.43. The molecule has 1 unspecified atom stereocenters. The standard InChI is InChI=1S/C12H14N2O5S/c1-19-6-5-11(12(15)16)14-20(17,18)10-4-2-3-9(7-10)8-13/h2-4,7,11,14H,5-6H2,1H3,(H,15,16). The third kappa shape index (κ3) is 4.31. The molecule has 0 aliphatic carbocycles. The zero-order valence-electron chi connectivity index (χ0n) is 10.7. The van der Waals surface area contributed by atoms with Gasteiger partial charge in [-0.05, 0) is 24.6 Å². The Hall–Kier alpha value is -1.95. The summed E-state index contributed by atoms with van der Waals surface area (Å²) in [7, 11) is -2.61. The third-order valence-corrected chi connectivity index (χ3v) is 3.95. The Morgan fingerprint density at radius 2 is 2.25 bits per heavy atom. The van der Waals surface area contributed by atoms with E-state index >= 15 is 0 Å². The summed E-state index contributed by atoms with van der Waals surface area (Å²) in [6.45, 7) is 0.109. The summed E-state index contributed by atoms with van der Waals surface area (Å²) in [6, 6.07) is 5.87. The number of carbonyl (C=O) groups is 1. The smallest absolute Gasteiger partial charge is 0.321 e. The van der Waals surface area contributed by atoms with Crippen molar-refractivity contribution in [1.29, 1.82) is 5.26 Å². The summed E-state index contributed by atoms with van der Waals surface area (Å²) in [5.41, 5.74) is 0.177. The predicted octanol–water partition coefficient (Wildman–Crippen LogP) is 0.326. The maximum absolute atomic E-state index is 12.1. The molecule has 0 amide bonds. The predicted molar refractivity (Wildman–Crippen MR) is 69.4 cm³/mol. The summed E-state index contributed by atoms with van der Waals surface area (Å²) >= 11 is 0. The summed E-state index contributed by atoms with van der Waals surface area (Å²) in [4.78, 5) is 10.9. The molecule has 8 heteroatoms. The van der Waals surface area contributed by atoms with E-state index in [1.807, 2.05) is 6.07 Å². The van der Waals surface area contributed by atoms with Gasteiger partial charge < -0.3 is 9.84 Å². The number of nitrogens with zero attached hydrogens (tertiary/aromatic N) is 1. The van der Waals surface area contributed by atoms with Crippen LogP contribution >= 0.6 is 0 Å². The fourth-order valence-corrected chi connectivity index (χ4v) is 2.73. The second kappa shape index (κ2) is 7.00. The first-order valence-corrected chi connectivity index (χ1v) is 7.13. The van der Waals surface area contributed by atoms with Gasteiger partial charge in [0.2, 0.25) is 10.0 Å². The van der Waals surface area contributed by atoms with Crippen LogP contribution in [0.4, 0.5) is 0 Å². The zero-order chi connectivity index (χ0) is 15.2. The quantitative estimate of drug-likeness (QED) is 0.749. The molecule has 0 radical (unpaired) electrons. The van der Waals surface area contributed by atoms with Crippen LogP contribution in [0.2, 0.25) is 0 Å². The van der Waals surface area contributed by atoms with Gasteiger partial charge in [0.15, 0.2) is 0 Å². The minimum atomic E-state index is -4.01. The number of rotatable bonds is 7. The lowest BCUT2D eigenvalue weighted by atomic mass is 10.2. The molecule has 0 aromatic heterocycles. The number of nitrogens with one attached hydrogen (secondary N) is 1. The van der Waals surface area contributed by atoms with Gasteiger partial charge in [0.25, 0.3) is 0 Å². The number of ether oxygens (including phenoxy) is 1. The fraction of sp³-hybridized carbons (Fsp3) is 0.333. The van der Waals surface area contributed by atoms with Crippen molar-refractivity contribution < 1.29 is 23.1 Å². The molecule has 2 N–H and O–H groups in total. The van der Waals surface area contributed by atoms with Crippen LogP contribution in [0.3, 0.4) is 0 Å². The Bertz CT molecular complexity index is 621. The fourth-order valence-electron chi connectivity index (χ4n) is 1.46. The Balaban J connectivity index is 2.97. The van der Waals surface area contributed by atoms with Gasteiger partial charge in [-0.2, -0.15) is 9.98 Å². The van der Waals surface area contributed by atoms with Crippen LogP contribution in [0.25, 0.3) is 0 Å². The van der Waals surface area contributed by atoms with Gasteiger partial charge in [-0.3, -0.25) is 4.79 Å². The number of methoxy groups -OCH3 is 1. The van der Waals surface area contributed by atoms with E-state index in [9.17, 15) is 13.2 Å². The molecular weight excluding hydrogens is 284 g/mol. The molecule has 1 atom stereocenters. The van der Waals surface area contributed by atoms with Crippen molar-refractivity contribution in [1.82, 2.24) is 4.72 Å². The first kappa shape index (κ1) is 16.1. The number of carboxylic acids is 1. The molecule has 20 heavy (non-hydrogen) atoms. The van der Waals surface area contributed by atoms with E-state index in [0.29, 0.717) is 0 Å². The van der Waals surface area contributed by atoms with Crippen LogP contribution < -0.4 is 4.72 Å². The number of hydrogen-bond acceptors (Lipinski definition) is 5. The first-order valence-electron chi connectivity index (χ1n) is 5.65. The molecule has 1 aromatic carbocycles. The van der Waals surface area contributed by atoms with Gasteiger partial charge in [0, 0.05) is 13.7 Å². The second-order valence-electron chi connectivity index (χ2n) is 3.93. The molecule has 0 heterocycles. The van der Waals surface area contributed by atoms with E-state index in [1.54, 1.807) is 0 Å². The Morgan fingerprint density at radius 1 is 1.55 bits per heavy atom. The first-order chi connectivity index (χ1) is 9.40. The third-order valence-electron chi connectivity index (χ3n) is 2.48. The number of benzene rings is 1. The van der Waals surface area contributed by atoms with Gasteiger partial charge in [0.1, 0.15) is 6.04 Å². The topological polar surface area (TPSA) is 116 Å². The highest BCUT2D eigenvalue weighted by atomic mass is 32.2. The number of nitriles is 1. The highest BCUT2D eigenvalue weighted by Crippen LogP contribution is 2.12. The van der Waals surface area contributed by atoms with Crippen LogP contribution in [0.15, 0.2) is 29.2 Å². The molecule has 0 aliphatic heterocycles. The minimum Gasteiger partial charge on any atom is -0.480 e. The van der Waals surface area contributed by atoms with Crippen LogP contribution in [-0.2, 0) is 19.6 Å². The van der Waals surface area contributed by atoms with E-state index in [4.69, 9.17) is 15.1 Å². The van der Waals surface area contributed by atoms with Crippen molar-refractivity contribution >= 4 is 16.0 Å². The number of carboxylic acid groups (broad SMARTS) is 1. The van der Waals surface area contributed by atoms with E-state index in [0.717, 1.165) is 0 Å². The zero-order valence-corrected chi connectivity index (χ0v) is 11.6. The van der Waals surface area contributed by atoms with E-state index in [1.165, 1.54) is 31.4 Å². The molecule has 0 fully saturated rings. The maximum atomic E-state index is 12.1. The van der Waals surface area contributed by atoms with E-state index in [-0.39, 0.29) is 23.5 Å². The van der Waals surface area contributed by atoms with Gasteiger partial charge in [-0.1, -0.05) is 6.07 Å². The summed E-state index contributed by atoms with van der Waals surface area (Å²) in [5, 5.41) is 17.7. The Morgan fingerprint density at radius 3 is 2.80 bits per heavy atom. The molecule has 0 spiro atoms. The Kier molecular flexibility index (Phi) is 5.64. The lowest BCUT2D eigenvalue weighted by Crippen LogP contribution is -2.41. The van der Waals surface area contributed by atoms with Crippen LogP contribution in [0.1, 0.15) is 12.0 Å². The summed E-state index contributed by atoms with van der Waals surface area (Å²) in [5.74, 6) is -1.29. The summed E-state index contributed by atoms with van der Waals surface area (Å²) in [6.07, 6.45) is 0.00298.